The Labute approximate surface area is 365 Å². The van der Waals surface area contributed by atoms with E-state index in [4.69, 9.17) is 4.74 Å². The molecule has 4 amide bonds. The van der Waals surface area contributed by atoms with Crippen LogP contribution in [0.1, 0.15) is 135 Å². The second-order valence-electron chi connectivity index (χ2n) is 16.4. The Kier molecular flexibility index (Phi) is 25.1. The number of carboxylic acids is 2. The third-order valence-electron chi connectivity index (χ3n) is 9.73. The van der Waals surface area contributed by atoms with E-state index in [0.29, 0.717) is 17.5 Å². The van der Waals surface area contributed by atoms with E-state index in [1.165, 1.54) is 51.4 Å². The van der Waals surface area contributed by atoms with E-state index in [-0.39, 0.29) is 30.1 Å². The van der Waals surface area contributed by atoms with E-state index < -0.39 is 71.9 Å². The molecule has 0 aliphatic rings. The summed E-state index contributed by atoms with van der Waals surface area (Å²) >= 11 is 0.821. The Morgan fingerprint density at radius 1 is 0.574 bits per heavy atom. The maximum atomic E-state index is 13.9. The highest BCUT2D eigenvalue weighted by Gasteiger charge is 2.33. The van der Waals surface area contributed by atoms with Crippen LogP contribution in [0.25, 0.3) is 0 Å². The van der Waals surface area contributed by atoms with Gasteiger partial charge in [-0.2, -0.15) is 0 Å². The highest BCUT2D eigenvalue weighted by molar-refractivity contribution is 8.13. The average molecular weight is 869 g/mol. The standard InChI is InChI=1S/C46H68N4O10S/c1-5-6-7-8-9-10-11-12-13-14-15-16-23-28-40(53)61-32-38(49-41(54)35(29-33-24-19-17-20-25-33)50-45(59)60-46(2,3)4)43(56)47-36(31-39(51)52)42(55)48-37(44(57)58)30-34-26-21-18-22-27-34/h17-22,24-27,35-38H,5-16,23,28-32H2,1-4H3,(H,47,56)(H,48,55)(H,49,54)(H,50,59)(H,51,52)(H,57,58)/t35-,36-,37-,38-/m0/s1. The Hall–Kier alpha value is -4.92. The normalized spacial score (nSPS) is 13.2. The first-order valence-corrected chi connectivity index (χ1v) is 22.6. The maximum Gasteiger partial charge on any atom is 0.408 e. The van der Waals surface area contributed by atoms with Gasteiger partial charge in [0.1, 0.15) is 29.8 Å². The number of hydrogen-bond donors (Lipinski definition) is 6. The number of carboxylic acid groups (broad SMARTS) is 2. The van der Waals surface area contributed by atoms with Crippen LogP contribution in [0.2, 0.25) is 0 Å². The van der Waals surface area contributed by atoms with Gasteiger partial charge >= 0.3 is 18.0 Å². The van der Waals surface area contributed by atoms with Crippen molar-refractivity contribution in [2.45, 2.75) is 167 Å². The molecule has 0 aliphatic carbocycles. The monoisotopic (exact) mass is 868 g/mol. The van der Waals surface area contributed by atoms with Crippen molar-refractivity contribution in [1.82, 2.24) is 21.3 Å². The molecule has 61 heavy (non-hydrogen) atoms. The summed E-state index contributed by atoms with van der Waals surface area (Å²) in [6.45, 7) is 7.21. The molecule has 14 nitrogen and oxygen atoms in total. The first-order valence-electron chi connectivity index (χ1n) is 21.7. The average Bonchev–Trinajstić information content (AvgIpc) is 3.20. The second kappa shape index (κ2) is 29.4. The molecule has 15 heteroatoms. The van der Waals surface area contributed by atoms with Crippen LogP contribution in [0.3, 0.4) is 0 Å². The maximum absolute atomic E-state index is 13.9. The third-order valence-corrected chi connectivity index (χ3v) is 10.8. The molecule has 0 aliphatic heterocycles. The topological polar surface area (TPSA) is 217 Å². The zero-order valence-electron chi connectivity index (χ0n) is 36.4. The summed E-state index contributed by atoms with van der Waals surface area (Å²) in [5, 5.41) is 29.2. The lowest BCUT2D eigenvalue weighted by atomic mass is 10.0. The minimum Gasteiger partial charge on any atom is -0.481 e. The number of aliphatic carboxylic acids is 2. The van der Waals surface area contributed by atoms with Crippen LogP contribution in [-0.4, -0.2) is 86.6 Å². The molecule has 2 aromatic rings. The quantitative estimate of drug-likeness (QED) is 0.0435. The molecule has 6 N–H and O–H groups in total. The summed E-state index contributed by atoms with van der Waals surface area (Å²) < 4.78 is 5.39. The van der Waals surface area contributed by atoms with Crippen molar-refractivity contribution >= 4 is 52.6 Å². The van der Waals surface area contributed by atoms with Gasteiger partial charge in [0.05, 0.1) is 6.42 Å². The van der Waals surface area contributed by atoms with Crippen LogP contribution in [-0.2, 0) is 46.3 Å². The number of rotatable bonds is 30. The Morgan fingerprint density at radius 3 is 1.48 bits per heavy atom. The Balaban J connectivity index is 2.17. The first kappa shape index (κ1) is 52.2. The minimum atomic E-state index is -1.74. The van der Waals surface area contributed by atoms with Gasteiger partial charge in [0.15, 0.2) is 5.12 Å². The number of unbranched alkanes of at least 4 members (excludes halogenated alkanes) is 12. The van der Waals surface area contributed by atoms with Crippen LogP contribution >= 0.6 is 11.8 Å². The number of alkyl carbamates (subject to hydrolysis) is 1. The second-order valence-corrected chi connectivity index (χ2v) is 17.5. The number of thioether (sulfide) groups is 1. The molecule has 0 saturated carbocycles. The van der Waals surface area contributed by atoms with Crippen LogP contribution in [0.5, 0.6) is 0 Å². The molecular weight excluding hydrogens is 801 g/mol. The zero-order chi connectivity index (χ0) is 45.0. The van der Waals surface area contributed by atoms with Crippen molar-refractivity contribution < 1.29 is 48.5 Å². The molecule has 4 atom stereocenters. The number of nitrogens with one attached hydrogen (secondary N) is 4. The van der Waals surface area contributed by atoms with E-state index >= 15 is 0 Å². The number of hydrogen-bond acceptors (Lipinski definition) is 9. The number of carbonyl (C=O) groups is 7. The zero-order valence-corrected chi connectivity index (χ0v) is 37.2. The lowest BCUT2D eigenvalue weighted by Crippen LogP contribution is -2.59. The number of amides is 4. The van der Waals surface area contributed by atoms with Gasteiger partial charge in [0, 0.05) is 25.0 Å². The number of benzene rings is 2. The fourth-order valence-electron chi connectivity index (χ4n) is 6.48. The summed E-state index contributed by atoms with van der Waals surface area (Å²) in [6, 6.07) is 11.4. The molecule has 0 unspecified atom stereocenters. The van der Waals surface area contributed by atoms with Crippen molar-refractivity contribution in [3.8, 4) is 0 Å². The fraction of sp³-hybridized carbons (Fsp3) is 0.587. The van der Waals surface area contributed by atoms with Gasteiger partial charge in [-0.05, 0) is 38.3 Å². The van der Waals surface area contributed by atoms with Gasteiger partial charge in [0.25, 0.3) is 0 Å². The van der Waals surface area contributed by atoms with Gasteiger partial charge in [-0.15, -0.1) is 0 Å². The van der Waals surface area contributed by atoms with Gasteiger partial charge in [0.2, 0.25) is 17.7 Å². The molecule has 0 spiro atoms. The first-order chi connectivity index (χ1) is 29.1. The van der Waals surface area contributed by atoms with Crippen molar-refractivity contribution in [3.05, 3.63) is 71.8 Å². The molecule has 0 aromatic heterocycles. The van der Waals surface area contributed by atoms with Crippen LogP contribution < -0.4 is 21.3 Å². The predicted molar refractivity (Wildman–Crippen MR) is 237 cm³/mol. The fourth-order valence-corrected chi connectivity index (χ4v) is 7.35. The van der Waals surface area contributed by atoms with E-state index in [1.807, 2.05) is 0 Å². The van der Waals surface area contributed by atoms with Gasteiger partial charge in [-0.25, -0.2) is 9.59 Å². The van der Waals surface area contributed by atoms with Crippen LogP contribution in [0, 0.1) is 0 Å². The van der Waals surface area contributed by atoms with E-state index in [2.05, 4.69) is 28.2 Å². The summed E-state index contributed by atoms with van der Waals surface area (Å²) in [5.41, 5.74) is 0.399. The highest BCUT2D eigenvalue weighted by atomic mass is 32.2. The molecule has 0 radical (unpaired) electrons. The van der Waals surface area contributed by atoms with Crippen LogP contribution in [0.15, 0.2) is 60.7 Å². The lowest BCUT2D eigenvalue weighted by Gasteiger charge is -2.26. The molecule has 0 bridgehead atoms. The Morgan fingerprint density at radius 2 is 1.00 bits per heavy atom. The highest BCUT2D eigenvalue weighted by Crippen LogP contribution is 2.17. The molecule has 0 saturated heterocycles. The lowest BCUT2D eigenvalue weighted by molar-refractivity contribution is -0.143. The largest absolute Gasteiger partial charge is 0.481 e. The molecule has 0 heterocycles. The van der Waals surface area contributed by atoms with E-state index in [0.717, 1.165) is 37.4 Å². The smallest absolute Gasteiger partial charge is 0.408 e. The van der Waals surface area contributed by atoms with Crippen molar-refractivity contribution in [2.75, 3.05) is 5.75 Å². The molecule has 338 valence electrons. The minimum absolute atomic E-state index is 0.00735. The third kappa shape index (κ3) is 24.2. The van der Waals surface area contributed by atoms with Gasteiger partial charge in [-0.3, -0.25) is 24.0 Å². The molecular formula is C46H68N4O10S. The van der Waals surface area contributed by atoms with Crippen molar-refractivity contribution in [3.63, 3.8) is 0 Å². The number of ether oxygens (including phenoxy) is 1. The predicted octanol–water partition coefficient (Wildman–Crippen LogP) is 7.12. The van der Waals surface area contributed by atoms with Crippen molar-refractivity contribution in [2.24, 2.45) is 0 Å². The summed E-state index contributed by atoms with van der Waals surface area (Å²) in [4.78, 5) is 91.2. The van der Waals surface area contributed by atoms with Crippen molar-refractivity contribution in [1.29, 1.82) is 0 Å². The van der Waals surface area contributed by atoms with Crippen LogP contribution in [0.4, 0.5) is 4.79 Å². The van der Waals surface area contributed by atoms with E-state index in [1.54, 1.807) is 81.4 Å². The summed E-state index contributed by atoms with van der Waals surface area (Å²) in [5.74, 6) is -5.95. The Bertz CT molecular complexity index is 1650. The van der Waals surface area contributed by atoms with Gasteiger partial charge < -0.3 is 36.2 Å². The summed E-state index contributed by atoms with van der Waals surface area (Å²) in [7, 11) is 0. The van der Waals surface area contributed by atoms with E-state index in [9.17, 15) is 43.8 Å². The molecule has 2 rings (SSSR count). The number of carbonyl (C=O) groups excluding carboxylic acids is 5. The molecule has 2 aromatic carbocycles. The van der Waals surface area contributed by atoms with Gasteiger partial charge in [-0.1, -0.05) is 156 Å². The summed E-state index contributed by atoms with van der Waals surface area (Å²) in [6.07, 6.45) is 13.3. The SMILES string of the molecule is CCCCCCCCCCCCCCCC(=O)SC[C@H](NC(=O)[C@H](Cc1ccccc1)NC(=O)OC(C)(C)C)C(=O)N[C@@H](CC(=O)O)C(=O)N[C@@H](Cc1ccccc1)C(=O)O. The molecule has 0 fully saturated rings.